The summed E-state index contributed by atoms with van der Waals surface area (Å²) >= 11 is 0. The van der Waals surface area contributed by atoms with Crippen LogP contribution in [0.15, 0.2) is 0 Å². The fourth-order valence-corrected chi connectivity index (χ4v) is 2.91. The zero-order chi connectivity index (χ0) is 9.36. The molecule has 1 aliphatic carbocycles. The van der Waals surface area contributed by atoms with Gasteiger partial charge in [0.05, 0.1) is 0 Å². The van der Waals surface area contributed by atoms with Crippen LogP contribution in [0.25, 0.3) is 0 Å². The maximum atomic E-state index is 3.48. The summed E-state index contributed by atoms with van der Waals surface area (Å²) in [5.41, 5.74) is 1.39. The molecule has 0 amide bonds. The normalized spacial score (nSPS) is 31.8. The summed E-state index contributed by atoms with van der Waals surface area (Å²) in [6.07, 6.45) is 8.75. The Hall–Kier alpha value is -0.0400. The minimum Gasteiger partial charge on any atom is -0.317 e. The highest BCUT2D eigenvalue weighted by molar-refractivity contribution is 4.91. The van der Waals surface area contributed by atoms with Crippen molar-refractivity contribution >= 4 is 0 Å². The van der Waals surface area contributed by atoms with Crippen molar-refractivity contribution in [1.82, 2.24) is 5.32 Å². The fourth-order valence-electron chi connectivity index (χ4n) is 2.91. The van der Waals surface area contributed by atoms with Crippen LogP contribution in [-0.4, -0.2) is 13.1 Å². The average molecular weight is 181 g/mol. The molecule has 1 aliphatic heterocycles. The summed E-state index contributed by atoms with van der Waals surface area (Å²) in [6.45, 7) is 7.39. The van der Waals surface area contributed by atoms with Gasteiger partial charge in [0, 0.05) is 0 Å². The zero-order valence-electron chi connectivity index (χ0n) is 9.16. The first kappa shape index (κ1) is 9.51. The van der Waals surface area contributed by atoms with Crippen molar-refractivity contribution in [3.8, 4) is 0 Å². The third kappa shape index (κ3) is 2.07. The van der Waals surface area contributed by atoms with E-state index in [9.17, 15) is 0 Å². The zero-order valence-corrected chi connectivity index (χ0v) is 9.16. The predicted octanol–water partition coefficient (Wildman–Crippen LogP) is 2.96. The van der Waals surface area contributed by atoms with Crippen LogP contribution in [0.5, 0.6) is 0 Å². The molecule has 0 aromatic heterocycles. The number of hydrogen-bond donors (Lipinski definition) is 1. The van der Waals surface area contributed by atoms with Gasteiger partial charge in [-0.2, -0.15) is 0 Å². The molecule has 1 saturated carbocycles. The van der Waals surface area contributed by atoms with Crippen molar-refractivity contribution in [2.75, 3.05) is 13.1 Å². The topological polar surface area (TPSA) is 12.0 Å². The lowest BCUT2D eigenvalue weighted by molar-refractivity contribution is 0.0706. The standard InChI is InChI=1S/C12H23N/c1-11(2)3-5-12(6-4-11)7-9-13-10-8-12/h13H,3-10H2,1-2H3. The van der Waals surface area contributed by atoms with Crippen molar-refractivity contribution < 1.29 is 0 Å². The molecule has 0 radical (unpaired) electrons. The number of hydrogen-bond acceptors (Lipinski definition) is 1. The lowest BCUT2D eigenvalue weighted by Crippen LogP contribution is -2.40. The molecule has 76 valence electrons. The first-order valence-electron chi connectivity index (χ1n) is 5.83. The van der Waals surface area contributed by atoms with Crippen LogP contribution < -0.4 is 5.32 Å². The van der Waals surface area contributed by atoms with Gasteiger partial charge >= 0.3 is 0 Å². The van der Waals surface area contributed by atoms with Crippen LogP contribution in [-0.2, 0) is 0 Å². The van der Waals surface area contributed by atoms with Crippen molar-refractivity contribution in [1.29, 1.82) is 0 Å². The molecule has 1 N–H and O–H groups in total. The van der Waals surface area contributed by atoms with Crippen molar-refractivity contribution in [3.05, 3.63) is 0 Å². The van der Waals surface area contributed by atoms with Gasteiger partial charge in [0.25, 0.3) is 0 Å². The Morgan fingerprint density at radius 2 is 1.31 bits per heavy atom. The van der Waals surface area contributed by atoms with E-state index in [1.54, 1.807) is 0 Å². The lowest BCUT2D eigenvalue weighted by atomic mass is 9.62. The Bertz CT molecular complexity index is 166. The van der Waals surface area contributed by atoms with Crippen LogP contribution in [0, 0.1) is 10.8 Å². The Morgan fingerprint density at radius 1 is 0.769 bits per heavy atom. The van der Waals surface area contributed by atoms with Gasteiger partial charge in [-0.3, -0.25) is 0 Å². The summed E-state index contributed by atoms with van der Waals surface area (Å²) in [6, 6.07) is 0. The molecule has 0 atom stereocenters. The van der Waals surface area contributed by atoms with Crippen molar-refractivity contribution in [2.45, 2.75) is 52.4 Å². The van der Waals surface area contributed by atoms with Gasteiger partial charge in [0.2, 0.25) is 0 Å². The summed E-state index contributed by atoms with van der Waals surface area (Å²) < 4.78 is 0. The molecule has 2 aliphatic rings. The summed E-state index contributed by atoms with van der Waals surface area (Å²) in [5.74, 6) is 0. The minimum atomic E-state index is 0.635. The smallest absolute Gasteiger partial charge is 0.00436 e. The molecular formula is C12H23N. The molecule has 1 spiro atoms. The molecule has 13 heavy (non-hydrogen) atoms. The maximum Gasteiger partial charge on any atom is -0.00436 e. The van der Waals surface area contributed by atoms with Crippen LogP contribution in [0.4, 0.5) is 0 Å². The van der Waals surface area contributed by atoms with Gasteiger partial charge in [0.15, 0.2) is 0 Å². The van der Waals surface area contributed by atoms with Crippen molar-refractivity contribution in [3.63, 3.8) is 0 Å². The monoisotopic (exact) mass is 181 g/mol. The second-order valence-electron chi connectivity index (χ2n) is 5.91. The molecule has 0 unspecified atom stereocenters. The summed E-state index contributed by atoms with van der Waals surface area (Å²) in [5, 5.41) is 3.48. The Labute approximate surface area is 82.3 Å². The van der Waals surface area contributed by atoms with E-state index in [0.29, 0.717) is 5.41 Å². The van der Waals surface area contributed by atoms with E-state index in [-0.39, 0.29) is 0 Å². The molecule has 1 heteroatoms. The van der Waals surface area contributed by atoms with Crippen molar-refractivity contribution in [2.24, 2.45) is 10.8 Å². The van der Waals surface area contributed by atoms with Gasteiger partial charge in [0.1, 0.15) is 0 Å². The van der Waals surface area contributed by atoms with E-state index < -0.39 is 0 Å². The van der Waals surface area contributed by atoms with Gasteiger partial charge in [-0.05, 0) is 62.4 Å². The number of nitrogens with one attached hydrogen (secondary N) is 1. The Balaban J connectivity index is 1.95. The van der Waals surface area contributed by atoms with Gasteiger partial charge < -0.3 is 5.32 Å². The fraction of sp³-hybridized carbons (Fsp3) is 1.00. The van der Waals surface area contributed by atoms with E-state index >= 15 is 0 Å². The third-order valence-corrected chi connectivity index (χ3v) is 4.33. The molecule has 2 rings (SSSR count). The maximum absolute atomic E-state index is 3.48. The van der Waals surface area contributed by atoms with Gasteiger partial charge in [-0.1, -0.05) is 13.8 Å². The molecule has 1 saturated heterocycles. The highest BCUT2D eigenvalue weighted by Gasteiger charge is 2.38. The predicted molar refractivity (Wildman–Crippen MR) is 56.8 cm³/mol. The van der Waals surface area contributed by atoms with Crippen LogP contribution in [0.3, 0.4) is 0 Å². The van der Waals surface area contributed by atoms with E-state index in [0.717, 1.165) is 5.41 Å². The molecule has 2 fully saturated rings. The molecule has 1 nitrogen and oxygen atoms in total. The van der Waals surface area contributed by atoms with E-state index in [1.807, 2.05) is 0 Å². The first-order chi connectivity index (χ1) is 6.12. The van der Waals surface area contributed by atoms with E-state index in [4.69, 9.17) is 0 Å². The largest absolute Gasteiger partial charge is 0.317 e. The number of piperidine rings is 1. The molecular weight excluding hydrogens is 158 g/mol. The Kier molecular flexibility index (Phi) is 2.39. The third-order valence-electron chi connectivity index (χ3n) is 4.33. The summed E-state index contributed by atoms with van der Waals surface area (Å²) in [4.78, 5) is 0. The highest BCUT2D eigenvalue weighted by Crippen LogP contribution is 2.49. The van der Waals surface area contributed by atoms with E-state index in [2.05, 4.69) is 19.2 Å². The summed E-state index contributed by atoms with van der Waals surface area (Å²) in [7, 11) is 0. The van der Waals surface area contributed by atoms with Crippen LogP contribution >= 0.6 is 0 Å². The molecule has 0 aromatic carbocycles. The second-order valence-corrected chi connectivity index (χ2v) is 5.91. The quantitative estimate of drug-likeness (QED) is 0.606. The van der Waals surface area contributed by atoms with E-state index in [1.165, 1.54) is 51.6 Å². The molecule has 0 bridgehead atoms. The first-order valence-corrected chi connectivity index (χ1v) is 5.83. The number of rotatable bonds is 0. The average Bonchev–Trinajstić information content (AvgIpc) is 2.13. The van der Waals surface area contributed by atoms with Crippen LogP contribution in [0.1, 0.15) is 52.4 Å². The minimum absolute atomic E-state index is 0.635. The lowest BCUT2D eigenvalue weighted by Gasteiger charge is -2.46. The van der Waals surface area contributed by atoms with Gasteiger partial charge in [-0.15, -0.1) is 0 Å². The molecule has 0 aromatic rings. The molecule has 1 heterocycles. The second kappa shape index (κ2) is 3.27. The Morgan fingerprint density at radius 3 is 1.85 bits per heavy atom. The highest BCUT2D eigenvalue weighted by atomic mass is 14.9. The SMILES string of the molecule is CC1(C)CCC2(CCNCC2)CC1. The van der Waals surface area contributed by atoms with Crippen LogP contribution in [0.2, 0.25) is 0 Å². The van der Waals surface area contributed by atoms with Gasteiger partial charge in [-0.25, -0.2) is 0 Å².